The summed E-state index contributed by atoms with van der Waals surface area (Å²) in [5, 5.41) is 19.9. The third-order valence-electron chi connectivity index (χ3n) is 5.09. The molecule has 0 aliphatic rings. The monoisotopic (exact) mass is 464 g/mol. The van der Waals surface area contributed by atoms with Crippen LogP contribution in [-0.2, 0) is 13.0 Å². The number of carbonyl (C=O) groups is 1. The fourth-order valence-corrected chi connectivity index (χ4v) is 4.21. The molecule has 1 amide bonds. The molecule has 0 unspecified atom stereocenters. The minimum absolute atomic E-state index is 0.220. The molecule has 0 bridgehead atoms. The molecule has 0 spiro atoms. The first-order valence-electron chi connectivity index (χ1n) is 10.4. The van der Waals surface area contributed by atoms with Crippen LogP contribution in [0.2, 0.25) is 0 Å². The fraction of sp³-hybridized carbons (Fsp3) is 0.261. The first kappa shape index (κ1) is 22.0. The predicted molar refractivity (Wildman–Crippen MR) is 131 cm³/mol. The second kappa shape index (κ2) is 9.54. The first-order valence-corrected chi connectivity index (χ1v) is 11.7. The number of amides is 1. The molecule has 164 valence electrons. The van der Waals surface area contributed by atoms with Crippen molar-refractivity contribution in [2.45, 2.75) is 39.7 Å². The molecule has 2 N–H and O–H groups in total. The standard InChI is InChI=1S/C23H24N6OS2/c1-4-19-26-27-23-29(19)28-21(32-23)18-7-5-15(6-8-18)13-24-22(31)25-20(30)17-11-9-16(10-12-17)14(2)3/h5-12,14H,4,13H2,1-3H3,(H2,24,25,30,31). The number of carbonyl (C=O) groups excluding carboxylic acids is 1. The van der Waals surface area contributed by atoms with E-state index in [1.54, 1.807) is 4.52 Å². The van der Waals surface area contributed by atoms with E-state index < -0.39 is 0 Å². The van der Waals surface area contributed by atoms with Crippen molar-refractivity contribution in [2.24, 2.45) is 0 Å². The molecule has 2 aromatic carbocycles. The SMILES string of the molecule is CCc1nnc2sc(-c3ccc(CNC(=S)NC(=O)c4ccc(C(C)C)cc4)cc3)nn12. The third-order valence-corrected chi connectivity index (χ3v) is 6.29. The van der Waals surface area contributed by atoms with Gasteiger partial charge in [0.2, 0.25) is 4.96 Å². The largest absolute Gasteiger partial charge is 0.358 e. The highest BCUT2D eigenvalue weighted by Crippen LogP contribution is 2.25. The second-order valence-electron chi connectivity index (χ2n) is 7.68. The predicted octanol–water partition coefficient (Wildman–Crippen LogP) is 4.34. The Balaban J connectivity index is 1.32. The van der Waals surface area contributed by atoms with E-state index >= 15 is 0 Å². The Morgan fingerprint density at radius 2 is 1.81 bits per heavy atom. The number of aryl methyl sites for hydroxylation is 1. The number of thiocarbonyl (C=S) groups is 1. The lowest BCUT2D eigenvalue weighted by molar-refractivity contribution is 0.0976. The summed E-state index contributed by atoms with van der Waals surface area (Å²) in [5.41, 5.74) is 3.84. The van der Waals surface area contributed by atoms with Gasteiger partial charge < -0.3 is 5.32 Å². The minimum atomic E-state index is -0.220. The van der Waals surface area contributed by atoms with E-state index in [1.165, 1.54) is 16.9 Å². The van der Waals surface area contributed by atoms with Gasteiger partial charge in [0.15, 0.2) is 10.9 Å². The molecule has 32 heavy (non-hydrogen) atoms. The van der Waals surface area contributed by atoms with Crippen LogP contribution in [0.15, 0.2) is 48.5 Å². The summed E-state index contributed by atoms with van der Waals surface area (Å²) >= 11 is 6.79. The van der Waals surface area contributed by atoms with Crippen molar-refractivity contribution in [3.63, 3.8) is 0 Å². The molecule has 0 fully saturated rings. The van der Waals surface area contributed by atoms with Crippen LogP contribution in [0.4, 0.5) is 0 Å². The van der Waals surface area contributed by atoms with Crippen molar-refractivity contribution >= 4 is 39.5 Å². The van der Waals surface area contributed by atoms with Crippen LogP contribution < -0.4 is 10.6 Å². The lowest BCUT2D eigenvalue weighted by Crippen LogP contribution is -2.38. The third kappa shape index (κ3) is 4.84. The lowest BCUT2D eigenvalue weighted by atomic mass is 10.0. The maximum absolute atomic E-state index is 12.4. The number of nitrogens with zero attached hydrogens (tertiary/aromatic N) is 4. The van der Waals surface area contributed by atoms with Gasteiger partial charge >= 0.3 is 0 Å². The molecule has 0 aliphatic carbocycles. The Morgan fingerprint density at radius 1 is 1.09 bits per heavy atom. The van der Waals surface area contributed by atoms with Gasteiger partial charge in [-0.2, -0.15) is 9.61 Å². The second-order valence-corrected chi connectivity index (χ2v) is 9.05. The van der Waals surface area contributed by atoms with E-state index in [-0.39, 0.29) is 5.91 Å². The van der Waals surface area contributed by atoms with Crippen molar-refractivity contribution in [3.8, 4) is 10.6 Å². The summed E-state index contributed by atoms with van der Waals surface area (Å²) < 4.78 is 1.80. The summed E-state index contributed by atoms with van der Waals surface area (Å²) in [4.78, 5) is 13.2. The van der Waals surface area contributed by atoms with Gasteiger partial charge in [0.05, 0.1) is 0 Å². The number of aromatic nitrogens is 4. The van der Waals surface area contributed by atoms with Crippen molar-refractivity contribution < 1.29 is 4.79 Å². The maximum Gasteiger partial charge on any atom is 0.257 e. The van der Waals surface area contributed by atoms with Crippen LogP contribution in [0.1, 0.15) is 54.0 Å². The van der Waals surface area contributed by atoms with E-state index in [2.05, 4.69) is 39.8 Å². The molecule has 0 saturated heterocycles. The van der Waals surface area contributed by atoms with E-state index in [9.17, 15) is 4.79 Å². The van der Waals surface area contributed by atoms with Crippen molar-refractivity contribution in [2.75, 3.05) is 0 Å². The first-order chi connectivity index (χ1) is 15.4. The number of nitrogens with one attached hydrogen (secondary N) is 2. The zero-order chi connectivity index (χ0) is 22.7. The highest BCUT2D eigenvalue weighted by molar-refractivity contribution is 7.80. The van der Waals surface area contributed by atoms with Gasteiger partial charge in [0, 0.05) is 24.1 Å². The number of fused-ring (bicyclic) bond motifs is 1. The van der Waals surface area contributed by atoms with Crippen molar-refractivity contribution in [3.05, 3.63) is 71.0 Å². The molecule has 2 heterocycles. The van der Waals surface area contributed by atoms with Gasteiger partial charge in [-0.25, -0.2) is 0 Å². The van der Waals surface area contributed by atoms with Crippen LogP contribution in [0.25, 0.3) is 15.5 Å². The van der Waals surface area contributed by atoms with Gasteiger partial charge in [-0.15, -0.1) is 10.2 Å². The number of hydrogen-bond acceptors (Lipinski definition) is 6. The Labute approximate surface area is 195 Å². The van der Waals surface area contributed by atoms with Crippen molar-refractivity contribution in [1.29, 1.82) is 0 Å². The van der Waals surface area contributed by atoms with Gasteiger partial charge in [0.1, 0.15) is 5.01 Å². The molecule has 0 atom stereocenters. The van der Waals surface area contributed by atoms with Crippen LogP contribution >= 0.6 is 23.6 Å². The zero-order valence-electron chi connectivity index (χ0n) is 18.1. The summed E-state index contributed by atoms with van der Waals surface area (Å²) in [7, 11) is 0. The van der Waals surface area contributed by atoms with Crippen molar-refractivity contribution in [1.82, 2.24) is 30.4 Å². The summed E-state index contributed by atoms with van der Waals surface area (Å²) in [5.74, 6) is 1.06. The Kier molecular flexibility index (Phi) is 6.57. The van der Waals surface area contributed by atoms with E-state index in [1.807, 2.05) is 55.5 Å². The van der Waals surface area contributed by atoms with Gasteiger partial charge in [0.25, 0.3) is 5.91 Å². The highest BCUT2D eigenvalue weighted by atomic mass is 32.1. The average Bonchev–Trinajstić information content (AvgIpc) is 3.39. The molecule has 9 heteroatoms. The van der Waals surface area contributed by atoms with Gasteiger partial charge in [-0.05, 0) is 41.4 Å². The average molecular weight is 465 g/mol. The molecule has 0 radical (unpaired) electrons. The summed E-state index contributed by atoms with van der Waals surface area (Å²) in [6.07, 6.45) is 0.786. The number of benzene rings is 2. The summed E-state index contributed by atoms with van der Waals surface area (Å²) in [6, 6.07) is 15.6. The Bertz CT molecular complexity index is 1240. The quantitative estimate of drug-likeness (QED) is 0.413. The molecule has 4 rings (SSSR count). The minimum Gasteiger partial charge on any atom is -0.358 e. The van der Waals surface area contributed by atoms with E-state index in [0.717, 1.165) is 33.3 Å². The molecule has 4 aromatic rings. The van der Waals surface area contributed by atoms with Gasteiger partial charge in [-0.3, -0.25) is 10.1 Å². The maximum atomic E-state index is 12.4. The molecule has 7 nitrogen and oxygen atoms in total. The molecule has 0 saturated carbocycles. The molecule has 2 aromatic heterocycles. The van der Waals surface area contributed by atoms with Crippen LogP contribution in [0, 0.1) is 0 Å². The van der Waals surface area contributed by atoms with Gasteiger partial charge in [-0.1, -0.05) is 68.5 Å². The van der Waals surface area contributed by atoms with Crippen LogP contribution in [0.3, 0.4) is 0 Å². The normalized spacial score (nSPS) is 11.1. The zero-order valence-corrected chi connectivity index (χ0v) is 19.8. The molecule has 0 aliphatic heterocycles. The smallest absolute Gasteiger partial charge is 0.257 e. The van der Waals surface area contributed by atoms with E-state index in [4.69, 9.17) is 12.2 Å². The van der Waals surface area contributed by atoms with E-state index in [0.29, 0.717) is 23.1 Å². The Morgan fingerprint density at radius 3 is 2.47 bits per heavy atom. The number of hydrogen-bond donors (Lipinski definition) is 2. The topological polar surface area (TPSA) is 84.2 Å². The lowest BCUT2D eigenvalue weighted by Gasteiger charge is -2.11. The van der Waals surface area contributed by atoms with Crippen LogP contribution in [-0.4, -0.2) is 30.8 Å². The highest BCUT2D eigenvalue weighted by Gasteiger charge is 2.12. The number of rotatable bonds is 6. The Hall–Kier alpha value is -3.17. The fourth-order valence-electron chi connectivity index (χ4n) is 3.18. The molecular formula is C23H24N6OS2. The molecular weight excluding hydrogens is 440 g/mol. The van der Waals surface area contributed by atoms with Crippen LogP contribution in [0.5, 0.6) is 0 Å². The summed E-state index contributed by atoms with van der Waals surface area (Å²) in [6.45, 7) is 6.79.